The summed E-state index contributed by atoms with van der Waals surface area (Å²) in [6, 6.07) is 0.357. The van der Waals surface area contributed by atoms with Crippen LogP contribution in [0.3, 0.4) is 0 Å². The summed E-state index contributed by atoms with van der Waals surface area (Å²) in [4.78, 5) is 13.6. The molecule has 1 aliphatic carbocycles. The van der Waals surface area contributed by atoms with Crippen molar-refractivity contribution in [3.8, 4) is 0 Å². The quantitative estimate of drug-likeness (QED) is 0.680. The molecule has 2 rings (SSSR count). The van der Waals surface area contributed by atoms with Gasteiger partial charge in [0.1, 0.15) is 0 Å². The maximum atomic E-state index is 11.6. The monoisotopic (exact) mass is 196 g/mol. The Labute approximate surface area is 85.8 Å². The smallest absolute Gasteiger partial charge is 0.317 e. The Hall–Kier alpha value is -0.730. The number of piperidine rings is 1. The SMILES string of the molecule is CC(C)NC(=O)N1CC2C(C1)C2(C)C. The fraction of sp³-hybridized carbons (Fsp3) is 0.909. The van der Waals surface area contributed by atoms with E-state index >= 15 is 0 Å². The van der Waals surface area contributed by atoms with E-state index in [4.69, 9.17) is 0 Å². The summed E-state index contributed by atoms with van der Waals surface area (Å²) < 4.78 is 0. The first-order chi connectivity index (χ1) is 6.43. The van der Waals surface area contributed by atoms with Crippen LogP contribution in [0.25, 0.3) is 0 Å². The molecule has 2 amide bonds. The number of likely N-dealkylation sites (tertiary alicyclic amines) is 1. The third-order valence-electron chi connectivity index (χ3n) is 3.82. The molecule has 1 aliphatic heterocycles. The number of nitrogens with zero attached hydrogens (tertiary/aromatic N) is 1. The van der Waals surface area contributed by atoms with Crippen LogP contribution in [-0.4, -0.2) is 30.1 Å². The standard InChI is InChI=1S/C11H20N2O/c1-7(2)12-10(14)13-5-8-9(6-13)11(8,3)4/h7-9H,5-6H2,1-4H3,(H,12,14). The first-order valence-electron chi connectivity index (χ1n) is 5.48. The van der Waals surface area contributed by atoms with Crippen molar-refractivity contribution in [3.05, 3.63) is 0 Å². The molecule has 1 saturated carbocycles. The van der Waals surface area contributed by atoms with Crippen molar-refractivity contribution in [3.63, 3.8) is 0 Å². The van der Waals surface area contributed by atoms with Crippen molar-refractivity contribution in [2.45, 2.75) is 33.7 Å². The highest BCUT2D eigenvalue weighted by Gasteiger charge is 2.62. The normalized spacial score (nSPS) is 33.1. The molecule has 0 spiro atoms. The van der Waals surface area contributed by atoms with Crippen molar-refractivity contribution in [2.24, 2.45) is 17.3 Å². The number of fused-ring (bicyclic) bond motifs is 1. The molecule has 2 unspecified atom stereocenters. The van der Waals surface area contributed by atoms with Gasteiger partial charge in [0.15, 0.2) is 0 Å². The minimum atomic E-state index is 0.114. The first kappa shape index (κ1) is 9.81. The highest BCUT2D eigenvalue weighted by atomic mass is 16.2. The number of amides is 2. The molecule has 3 nitrogen and oxygen atoms in total. The fourth-order valence-electron chi connectivity index (χ4n) is 2.64. The Bertz CT molecular complexity index is 246. The predicted octanol–water partition coefficient (Wildman–Crippen LogP) is 1.69. The van der Waals surface area contributed by atoms with Gasteiger partial charge in [-0.3, -0.25) is 0 Å². The number of urea groups is 1. The average Bonchev–Trinajstić information content (AvgIpc) is 2.50. The Morgan fingerprint density at radius 1 is 1.36 bits per heavy atom. The van der Waals surface area contributed by atoms with E-state index in [9.17, 15) is 4.79 Å². The van der Waals surface area contributed by atoms with Crippen molar-refractivity contribution in [2.75, 3.05) is 13.1 Å². The van der Waals surface area contributed by atoms with Crippen LogP contribution in [0.4, 0.5) is 4.79 Å². The van der Waals surface area contributed by atoms with E-state index in [1.165, 1.54) is 0 Å². The molecule has 0 aromatic rings. The molecular weight excluding hydrogens is 176 g/mol. The van der Waals surface area contributed by atoms with E-state index in [0.29, 0.717) is 5.41 Å². The number of hydrogen-bond donors (Lipinski definition) is 1. The molecule has 1 saturated heterocycles. The topological polar surface area (TPSA) is 32.3 Å². The molecule has 2 fully saturated rings. The molecule has 0 bridgehead atoms. The van der Waals surface area contributed by atoms with Crippen molar-refractivity contribution >= 4 is 6.03 Å². The number of carbonyl (C=O) groups is 1. The molecule has 14 heavy (non-hydrogen) atoms. The van der Waals surface area contributed by atoms with E-state index in [1.54, 1.807) is 0 Å². The van der Waals surface area contributed by atoms with Gasteiger partial charge in [-0.05, 0) is 31.1 Å². The van der Waals surface area contributed by atoms with Gasteiger partial charge in [0.25, 0.3) is 0 Å². The van der Waals surface area contributed by atoms with E-state index in [2.05, 4.69) is 19.2 Å². The van der Waals surface area contributed by atoms with E-state index in [-0.39, 0.29) is 12.1 Å². The van der Waals surface area contributed by atoms with Crippen LogP contribution in [0.1, 0.15) is 27.7 Å². The fourth-order valence-corrected chi connectivity index (χ4v) is 2.64. The Morgan fingerprint density at radius 3 is 2.29 bits per heavy atom. The highest BCUT2D eigenvalue weighted by molar-refractivity contribution is 5.75. The average molecular weight is 196 g/mol. The predicted molar refractivity (Wildman–Crippen MR) is 56.0 cm³/mol. The van der Waals surface area contributed by atoms with Crippen LogP contribution in [0.2, 0.25) is 0 Å². The van der Waals surface area contributed by atoms with E-state index in [0.717, 1.165) is 24.9 Å². The van der Waals surface area contributed by atoms with Gasteiger partial charge in [-0.15, -0.1) is 0 Å². The zero-order valence-electron chi connectivity index (χ0n) is 9.50. The van der Waals surface area contributed by atoms with E-state index < -0.39 is 0 Å². The molecule has 3 heteroatoms. The van der Waals surface area contributed by atoms with Gasteiger partial charge in [0.05, 0.1) is 0 Å². The largest absolute Gasteiger partial charge is 0.336 e. The highest BCUT2D eigenvalue weighted by Crippen LogP contribution is 2.61. The maximum Gasteiger partial charge on any atom is 0.317 e. The second-order valence-corrected chi connectivity index (χ2v) is 5.54. The summed E-state index contributed by atoms with van der Waals surface area (Å²) in [7, 11) is 0. The van der Waals surface area contributed by atoms with Gasteiger partial charge < -0.3 is 10.2 Å². The van der Waals surface area contributed by atoms with Crippen LogP contribution in [0, 0.1) is 17.3 Å². The number of nitrogens with one attached hydrogen (secondary N) is 1. The Balaban J connectivity index is 1.85. The van der Waals surface area contributed by atoms with Gasteiger partial charge in [0, 0.05) is 19.1 Å². The summed E-state index contributed by atoms with van der Waals surface area (Å²) in [6.07, 6.45) is 0. The molecule has 0 aromatic carbocycles. The lowest BCUT2D eigenvalue weighted by Gasteiger charge is -2.23. The van der Waals surface area contributed by atoms with Crippen molar-refractivity contribution in [1.29, 1.82) is 0 Å². The van der Waals surface area contributed by atoms with Gasteiger partial charge in [0.2, 0.25) is 0 Å². The lowest BCUT2D eigenvalue weighted by atomic mass is 10.1. The lowest BCUT2D eigenvalue weighted by Crippen LogP contribution is -2.43. The van der Waals surface area contributed by atoms with Gasteiger partial charge >= 0.3 is 6.03 Å². The van der Waals surface area contributed by atoms with Crippen LogP contribution >= 0.6 is 0 Å². The van der Waals surface area contributed by atoms with Crippen LogP contribution in [0.5, 0.6) is 0 Å². The third kappa shape index (κ3) is 1.39. The number of carbonyl (C=O) groups excluding carboxylic acids is 1. The zero-order chi connectivity index (χ0) is 10.5. The molecule has 0 radical (unpaired) electrons. The molecule has 1 N–H and O–H groups in total. The molecular formula is C11H20N2O. The summed E-state index contributed by atoms with van der Waals surface area (Å²) in [5, 5.41) is 2.94. The summed E-state index contributed by atoms with van der Waals surface area (Å²) in [6.45, 7) is 10.5. The molecule has 2 aliphatic rings. The van der Waals surface area contributed by atoms with Crippen LogP contribution in [0.15, 0.2) is 0 Å². The summed E-state index contributed by atoms with van der Waals surface area (Å²) in [5.41, 5.74) is 0.495. The maximum absolute atomic E-state index is 11.6. The molecule has 1 heterocycles. The summed E-state index contributed by atoms with van der Waals surface area (Å²) in [5.74, 6) is 1.50. The van der Waals surface area contributed by atoms with E-state index in [1.807, 2.05) is 18.7 Å². The lowest BCUT2D eigenvalue weighted by molar-refractivity contribution is 0.193. The second-order valence-electron chi connectivity index (χ2n) is 5.54. The first-order valence-corrected chi connectivity index (χ1v) is 5.48. The zero-order valence-corrected chi connectivity index (χ0v) is 9.50. The molecule has 80 valence electrons. The minimum absolute atomic E-state index is 0.114. The van der Waals surface area contributed by atoms with Crippen LogP contribution < -0.4 is 5.32 Å². The number of hydrogen-bond acceptors (Lipinski definition) is 1. The van der Waals surface area contributed by atoms with Crippen molar-refractivity contribution < 1.29 is 4.79 Å². The minimum Gasteiger partial charge on any atom is -0.336 e. The molecule has 0 aromatic heterocycles. The van der Waals surface area contributed by atoms with Gasteiger partial charge in [-0.1, -0.05) is 13.8 Å². The van der Waals surface area contributed by atoms with Gasteiger partial charge in [-0.25, -0.2) is 4.79 Å². The Kier molecular flexibility index (Phi) is 2.02. The van der Waals surface area contributed by atoms with Gasteiger partial charge in [-0.2, -0.15) is 0 Å². The second kappa shape index (κ2) is 2.88. The van der Waals surface area contributed by atoms with Crippen LogP contribution in [-0.2, 0) is 0 Å². The molecule has 2 atom stereocenters. The third-order valence-corrected chi connectivity index (χ3v) is 3.82. The summed E-state index contributed by atoms with van der Waals surface area (Å²) >= 11 is 0. The number of rotatable bonds is 1. The van der Waals surface area contributed by atoms with Crippen molar-refractivity contribution in [1.82, 2.24) is 10.2 Å². The Morgan fingerprint density at radius 2 is 1.86 bits per heavy atom.